The van der Waals surface area contributed by atoms with E-state index < -0.39 is 0 Å². The second-order valence-electron chi connectivity index (χ2n) is 24.6. The Morgan fingerprint density at radius 1 is 0.400 bits per heavy atom. The molecule has 7 aromatic carbocycles. The van der Waals surface area contributed by atoms with E-state index in [9.17, 15) is 0 Å². The van der Waals surface area contributed by atoms with E-state index in [-0.39, 0.29) is 21.7 Å². The second-order valence-corrected chi connectivity index (χ2v) is 25.3. The molecule has 0 aliphatic rings. The van der Waals surface area contributed by atoms with E-state index in [1.54, 1.807) is 0 Å². The topological polar surface area (TPSA) is 85.3 Å². The molecule has 4 heterocycles. The molecule has 0 saturated heterocycles. The van der Waals surface area contributed by atoms with E-state index in [4.69, 9.17) is 25.1 Å². The molecule has 0 aliphatic heterocycles. The third-order valence-corrected chi connectivity index (χ3v) is 15.5. The fourth-order valence-electron chi connectivity index (χ4n) is 10.5. The maximum absolute atomic E-state index is 8.33. The number of hydrogen-bond donors (Lipinski definition) is 1. The van der Waals surface area contributed by atoms with E-state index in [1.165, 1.54) is 38.6 Å². The highest BCUT2D eigenvalue weighted by molar-refractivity contribution is 7.35. The number of aryl methyl sites for hydroxylation is 1. The van der Waals surface area contributed by atoms with E-state index in [0.29, 0.717) is 25.8 Å². The lowest BCUT2D eigenvalue weighted by Gasteiger charge is -2.26. The highest BCUT2D eigenvalue weighted by Gasteiger charge is 2.27. The Bertz CT molecular complexity index is 3880. The molecule has 0 aliphatic carbocycles. The van der Waals surface area contributed by atoms with Gasteiger partial charge in [-0.2, -0.15) is 0 Å². The van der Waals surface area contributed by atoms with Crippen molar-refractivity contribution in [1.29, 1.82) is 5.16 Å². The summed E-state index contributed by atoms with van der Waals surface area (Å²) in [7, 11) is 0.478. The van der Waals surface area contributed by atoms with Crippen LogP contribution in [-0.4, -0.2) is 29.1 Å². The summed E-state index contributed by atoms with van der Waals surface area (Å²) in [5.41, 5.74) is 16.7. The van der Waals surface area contributed by atoms with Crippen molar-refractivity contribution < 1.29 is 0 Å². The van der Waals surface area contributed by atoms with Crippen molar-refractivity contribution in [2.24, 2.45) is 0 Å². The van der Waals surface area contributed by atoms with Crippen molar-refractivity contribution in [2.75, 3.05) is 0 Å². The van der Waals surface area contributed by atoms with Crippen molar-refractivity contribution >= 4 is 57.3 Å². The van der Waals surface area contributed by atoms with Crippen LogP contribution in [0.25, 0.3) is 100 Å². The summed E-state index contributed by atoms with van der Waals surface area (Å²) in [6.45, 7) is 29.4. The fourth-order valence-corrected chi connectivity index (χ4v) is 10.9. The molecule has 0 unspecified atom stereocenters. The van der Waals surface area contributed by atoms with Crippen molar-refractivity contribution in [1.82, 2.24) is 29.1 Å². The first-order valence-corrected chi connectivity index (χ1v) is 27.0. The largest absolute Gasteiger partial charge is 0.309 e. The molecule has 8 heteroatoms. The van der Waals surface area contributed by atoms with Gasteiger partial charge in [0, 0.05) is 75.4 Å². The molecule has 0 atom stereocenters. The molecule has 0 spiro atoms. The van der Waals surface area contributed by atoms with E-state index in [1.807, 2.05) is 12.4 Å². The number of para-hydroxylation sites is 2. The second kappa shape index (κ2) is 18.1. The summed E-state index contributed by atoms with van der Waals surface area (Å²) in [4.78, 5) is 21.4. The van der Waals surface area contributed by atoms with Gasteiger partial charge in [-0.3, -0.25) is 10.1 Å². The molecule has 0 saturated carbocycles. The van der Waals surface area contributed by atoms with Crippen LogP contribution in [0, 0.1) is 12.1 Å². The maximum Gasteiger partial charge on any atom is 0.164 e. The van der Waals surface area contributed by atoms with Crippen LogP contribution in [0.1, 0.15) is 111 Å². The van der Waals surface area contributed by atoms with Gasteiger partial charge in [0.1, 0.15) is 0 Å². The van der Waals surface area contributed by atoms with Crippen LogP contribution in [-0.2, 0) is 21.7 Å². The van der Waals surface area contributed by atoms with Crippen LogP contribution in [0.3, 0.4) is 0 Å². The van der Waals surface area contributed by atoms with Gasteiger partial charge in [0.15, 0.2) is 17.5 Å². The van der Waals surface area contributed by atoms with Gasteiger partial charge in [-0.15, -0.1) is 0 Å². The average molecular weight is 1000 g/mol. The molecule has 0 bridgehead atoms. The summed E-state index contributed by atoms with van der Waals surface area (Å²) in [5.74, 6) is 1.84. The number of nitrogens with zero attached hydrogens (tertiary/aromatic N) is 6. The van der Waals surface area contributed by atoms with E-state index >= 15 is 0 Å². The normalized spacial score (nSPS) is 12.8. The molecule has 4 aromatic heterocycles. The monoisotopic (exact) mass is 1000 g/mol. The lowest BCUT2D eigenvalue weighted by Crippen LogP contribution is -2.17. The molecule has 0 fully saturated rings. The molecule has 11 aromatic rings. The Balaban J connectivity index is 1.25. The Morgan fingerprint density at radius 2 is 0.840 bits per heavy atom. The first-order valence-electron chi connectivity index (χ1n) is 26.1. The molecule has 75 heavy (non-hydrogen) atoms. The van der Waals surface area contributed by atoms with E-state index in [2.05, 4.69) is 245 Å². The molecule has 374 valence electrons. The zero-order chi connectivity index (χ0) is 52.9. The van der Waals surface area contributed by atoms with Crippen molar-refractivity contribution in [3.05, 3.63) is 186 Å². The van der Waals surface area contributed by atoms with Crippen LogP contribution >= 0.6 is 8.37 Å². The van der Waals surface area contributed by atoms with E-state index in [0.717, 1.165) is 77.3 Å². The van der Waals surface area contributed by atoms with Gasteiger partial charge in [-0.05, 0) is 142 Å². The minimum atomic E-state index is -0.117. The van der Waals surface area contributed by atoms with Gasteiger partial charge in [0.25, 0.3) is 0 Å². The van der Waals surface area contributed by atoms with Crippen LogP contribution in [0.2, 0.25) is 0 Å². The molecule has 1 N–H and O–H groups in total. The van der Waals surface area contributed by atoms with Crippen LogP contribution in [0.15, 0.2) is 158 Å². The molecular weight excluding hydrogens is 934 g/mol. The molecule has 0 radical (unpaired) electrons. The maximum atomic E-state index is 8.33. The number of fused-ring (bicyclic) bond motifs is 6. The standard InChI is InChI=1S/C67H66N7P/c1-40-22-25-57-51(30-40)53-38-48(75-68)24-27-59(53)74(57)58-26-23-41(35-52(58)54-39-69-29-28-60(54)73-55-20-16-14-18-49(55)50-19-15-17-21-56(50)73)61-70-62(42-31-44(64(2,3)4)36-45(32-42)65(5,6)7)72-63(71-61)43-33-46(66(8,9)10)37-47(34-43)67(11,12)13/h14-39,68H,1-13H3. The van der Waals surface area contributed by atoms with Crippen molar-refractivity contribution in [3.63, 3.8) is 0 Å². The smallest absolute Gasteiger partial charge is 0.164 e. The minimum Gasteiger partial charge on any atom is -0.309 e. The van der Waals surface area contributed by atoms with Gasteiger partial charge < -0.3 is 9.13 Å². The Hall–Kier alpha value is -7.60. The first-order chi connectivity index (χ1) is 35.5. The number of benzene rings is 7. The lowest BCUT2D eigenvalue weighted by atomic mass is 9.79. The van der Waals surface area contributed by atoms with Gasteiger partial charge in [-0.1, -0.05) is 143 Å². The van der Waals surface area contributed by atoms with Gasteiger partial charge in [0.2, 0.25) is 0 Å². The van der Waals surface area contributed by atoms with Crippen LogP contribution < -0.4 is 5.30 Å². The fraction of sp³-hybridized carbons (Fsp3) is 0.254. The first kappa shape index (κ1) is 49.6. The highest BCUT2D eigenvalue weighted by atomic mass is 31.1. The SMILES string of the molecule is Cc1ccc2c(c1)c1cc(P=N)ccc1n2-c1ccc(-c2nc(-c3cc(C(C)(C)C)cc(C(C)(C)C)c3)nc(-c3cc(C(C)(C)C)cc(C(C)(C)C)c3)n2)cc1-c1cnccc1-n1c2ccccc2c2ccccc21. The lowest BCUT2D eigenvalue weighted by molar-refractivity contribution is 0.568. The summed E-state index contributed by atoms with van der Waals surface area (Å²) in [6.07, 6.45) is 3.91. The number of nitrogens with one attached hydrogen (secondary N) is 1. The Labute approximate surface area is 443 Å². The number of pyridine rings is 1. The summed E-state index contributed by atoms with van der Waals surface area (Å²) < 4.78 is 4.77. The Morgan fingerprint density at radius 3 is 1.33 bits per heavy atom. The summed E-state index contributed by atoms with van der Waals surface area (Å²) >= 11 is 0. The summed E-state index contributed by atoms with van der Waals surface area (Å²) in [6, 6.07) is 53.1. The van der Waals surface area contributed by atoms with Crippen molar-refractivity contribution in [2.45, 2.75) is 112 Å². The number of hydrogen-bond acceptors (Lipinski definition) is 5. The number of rotatable bonds is 7. The quantitative estimate of drug-likeness (QED) is 0.161. The zero-order valence-electron chi connectivity index (χ0n) is 45.6. The van der Waals surface area contributed by atoms with Crippen molar-refractivity contribution in [3.8, 4) is 56.7 Å². The third-order valence-electron chi connectivity index (χ3n) is 14.9. The number of aromatic nitrogens is 6. The molecular formula is C67H66N7P. The predicted molar refractivity (Wildman–Crippen MR) is 317 cm³/mol. The minimum absolute atomic E-state index is 0.117. The van der Waals surface area contributed by atoms with Crippen LogP contribution in [0.4, 0.5) is 0 Å². The van der Waals surface area contributed by atoms with Gasteiger partial charge >= 0.3 is 0 Å². The summed E-state index contributed by atoms with van der Waals surface area (Å²) in [5, 5.41) is 13.9. The molecule has 7 nitrogen and oxygen atoms in total. The highest BCUT2D eigenvalue weighted by Crippen LogP contribution is 2.43. The third kappa shape index (κ3) is 9.05. The molecule has 0 amide bonds. The molecule has 11 rings (SSSR count). The predicted octanol–water partition coefficient (Wildman–Crippen LogP) is 18.0. The zero-order valence-corrected chi connectivity index (χ0v) is 46.5. The average Bonchev–Trinajstić information content (AvgIpc) is 3.89. The van der Waals surface area contributed by atoms with Gasteiger partial charge in [-0.25, -0.2) is 15.0 Å². The van der Waals surface area contributed by atoms with Crippen LogP contribution in [0.5, 0.6) is 0 Å². The Kier molecular flexibility index (Phi) is 11.9. The van der Waals surface area contributed by atoms with Gasteiger partial charge in [0.05, 0.1) is 33.4 Å².